The molecule has 0 fully saturated rings. The highest BCUT2D eigenvalue weighted by molar-refractivity contribution is 7.92. The average Bonchev–Trinajstić information content (AvgIpc) is 2.36. The minimum Gasteiger partial charge on any atom is -0.347 e. The van der Waals surface area contributed by atoms with Crippen LogP contribution in [-0.4, -0.2) is 45.6 Å². The predicted octanol–water partition coefficient (Wildman–Crippen LogP) is 2.28. The lowest BCUT2D eigenvalue weighted by Crippen LogP contribution is -2.49. The van der Waals surface area contributed by atoms with Gasteiger partial charge in [-0.25, -0.2) is 8.42 Å². The summed E-state index contributed by atoms with van der Waals surface area (Å²) in [5.41, 5.74) is 1.18. The molecule has 1 amide bonds. The zero-order valence-electron chi connectivity index (χ0n) is 12.9. The SMILES string of the molecule is CC[C@@H](C(=O)N(C)C)N(c1cc(Cl)ccc1C)S(C)(=O)=O. The van der Waals surface area contributed by atoms with Crippen molar-refractivity contribution in [1.29, 1.82) is 0 Å². The smallest absolute Gasteiger partial charge is 0.245 e. The molecule has 0 spiro atoms. The van der Waals surface area contributed by atoms with Crippen LogP contribution in [0.3, 0.4) is 0 Å². The molecule has 1 aromatic carbocycles. The number of halogens is 1. The van der Waals surface area contributed by atoms with Gasteiger partial charge in [-0.3, -0.25) is 9.10 Å². The van der Waals surface area contributed by atoms with Crippen LogP contribution in [0.2, 0.25) is 5.02 Å². The maximum atomic E-state index is 12.3. The second-order valence-electron chi connectivity index (χ2n) is 5.15. The van der Waals surface area contributed by atoms with Gasteiger partial charge in [-0.1, -0.05) is 24.6 Å². The Balaban J connectivity index is 3.49. The number of sulfonamides is 1. The van der Waals surface area contributed by atoms with E-state index in [-0.39, 0.29) is 5.91 Å². The third-order valence-corrected chi connectivity index (χ3v) is 4.56. The van der Waals surface area contributed by atoms with Crippen molar-refractivity contribution in [3.8, 4) is 0 Å². The number of hydrogen-bond acceptors (Lipinski definition) is 3. The molecule has 1 rings (SSSR count). The number of nitrogens with zero attached hydrogens (tertiary/aromatic N) is 2. The van der Waals surface area contributed by atoms with Crippen LogP contribution in [0.4, 0.5) is 5.69 Å². The summed E-state index contributed by atoms with van der Waals surface area (Å²) in [4.78, 5) is 13.7. The predicted molar refractivity (Wildman–Crippen MR) is 86.3 cm³/mol. The summed E-state index contributed by atoms with van der Waals surface area (Å²) in [6.07, 6.45) is 1.47. The molecule has 1 atom stereocenters. The quantitative estimate of drug-likeness (QED) is 0.831. The summed E-state index contributed by atoms with van der Waals surface area (Å²) in [6.45, 7) is 3.57. The molecule has 0 aromatic heterocycles. The summed E-state index contributed by atoms with van der Waals surface area (Å²) in [7, 11) is -0.405. The Bertz CT molecular complexity index is 629. The van der Waals surface area contributed by atoms with Gasteiger partial charge >= 0.3 is 0 Å². The van der Waals surface area contributed by atoms with Gasteiger partial charge in [0.25, 0.3) is 0 Å². The molecular weight excluding hydrogens is 312 g/mol. The van der Waals surface area contributed by atoms with Crippen molar-refractivity contribution in [2.24, 2.45) is 0 Å². The van der Waals surface area contributed by atoms with Gasteiger partial charge in [0.15, 0.2) is 0 Å². The van der Waals surface area contributed by atoms with Crippen LogP contribution in [-0.2, 0) is 14.8 Å². The Morgan fingerprint density at radius 1 is 1.33 bits per heavy atom. The maximum absolute atomic E-state index is 12.3. The number of benzene rings is 1. The van der Waals surface area contributed by atoms with Crippen LogP contribution < -0.4 is 4.31 Å². The van der Waals surface area contributed by atoms with E-state index in [1.165, 1.54) is 4.90 Å². The number of rotatable bonds is 5. The normalized spacial score (nSPS) is 12.9. The molecule has 0 radical (unpaired) electrons. The van der Waals surface area contributed by atoms with E-state index in [9.17, 15) is 13.2 Å². The van der Waals surface area contributed by atoms with E-state index in [1.807, 2.05) is 0 Å². The zero-order chi connectivity index (χ0) is 16.4. The number of aryl methyl sites for hydroxylation is 1. The first kappa shape index (κ1) is 17.8. The fourth-order valence-electron chi connectivity index (χ4n) is 2.14. The second kappa shape index (κ2) is 6.66. The van der Waals surface area contributed by atoms with E-state index in [1.54, 1.807) is 46.1 Å². The number of anilines is 1. The molecule has 1 aromatic rings. The van der Waals surface area contributed by atoms with Crippen molar-refractivity contribution < 1.29 is 13.2 Å². The molecule has 118 valence electrons. The van der Waals surface area contributed by atoms with Crippen molar-refractivity contribution in [2.75, 3.05) is 24.7 Å². The Morgan fingerprint density at radius 2 is 1.90 bits per heavy atom. The van der Waals surface area contributed by atoms with Gasteiger partial charge in [0.1, 0.15) is 6.04 Å². The first-order chi connectivity index (χ1) is 9.59. The molecule has 0 heterocycles. The van der Waals surface area contributed by atoms with E-state index < -0.39 is 16.1 Å². The van der Waals surface area contributed by atoms with Gasteiger partial charge in [-0.05, 0) is 31.0 Å². The summed E-state index contributed by atoms with van der Waals surface area (Å²) < 4.78 is 25.6. The van der Waals surface area contributed by atoms with Gasteiger partial charge in [0, 0.05) is 19.1 Å². The topological polar surface area (TPSA) is 57.7 Å². The number of likely N-dealkylation sites (N-methyl/N-ethyl adjacent to an activating group) is 1. The third-order valence-electron chi connectivity index (χ3n) is 3.16. The Morgan fingerprint density at radius 3 is 2.33 bits per heavy atom. The number of carbonyl (C=O) groups is 1. The van der Waals surface area contributed by atoms with Crippen LogP contribution in [0, 0.1) is 6.92 Å². The van der Waals surface area contributed by atoms with Crippen LogP contribution in [0.25, 0.3) is 0 Å². The minimum absolute atomic E-state index is 0.262. The summed E-state index contributed by atoms with van der Waals surface area (Å²) in [5, 5.41) is 0.427. The van der Waals surface area contributed by atoms with Gasteiger partial charge in [0.05, 0.1) is 11.9 Å². The number of carbonyl (C=O) groups excluding carboxylic acids is 1. The van der Waals surface area contributed by atoms with E-state index in [4.69, 9.17) is 11.6 Å². The number of amides is 1. The maximum Gasteiger partial charge on any atom is 0.245 e. The van der Waals surface area contributed by atoms with Crippen LogP contribution >= 0.6 is 11.6 Å². The van der Waals surface area contributed by atoms with Gasteiger partial charge in [0.2, 0.25) is 15.9 Å². The van der Waals surface area contributed by atoms with Crippen molar-refractivity contribution >= 4 is 33.2 Å². The van der Waals surface area contributed by atoms with E-state index in [0.29, 0.717) is 17.1 Å². The molecule has 0 saturated heterocycles. The summed E-state index contributed by atoms with van der Waals surface area (Å²) >= 11 is 5.98. The lowest BCUT2D eigenvalue weighted by molar-refractivity contribution is -0.129. The minimum atomic E-state index is -3.62. The van der Waals surface area contributed by atoms with Crippen LogP contribution in [0.1, 0.15) is 18.9 Å². The van der Waals surface area contributed by atoms with Crippen LogP contribution in [0.5, 0.6) is 0 Å². The lowest BCUT2D eigenvalue weighted by Gasteiger charge is -2.32. The van der Waals surface area contributed by atoms with Crippen molar-refractivity contribution in [3.05, 3.63) is 28.8 Å². The van der Waals surface area contributed by atoms with E-state index >= 15 is 0 Å². The van der Waals surface area contributed by atoms with Crippen molar-refractivity contribution in [1.82, 2.24) is 4.90 Å². The Labute approximate surface area is 131 Å². The van der Waals surface area contributed by atoms with Gasteiger partial charge < -0.3 is 4.90 Å². The first-order valence-electron chi connectivity index (χ1n) is 6.56. The average molecular weight is 333 g/mol. The molecule has 0 aliphatic rings. The fourth-order valence-corrected chi connectivity index (χ4v) is 3.56. The molecule has 5 nitrogen and oxygen atoms in total. The molecule has 0 unspecified atom stereocenters. The molecular formula is C14H21ClN2O3S. The third kappa shape index (κ3) is 4.11. The van der Waals surface area contributed by atoms with E-state index in [2.05, 4.69) is 0 Å². The highest BCUT2D eigenvalue weighted by atomic mass is 35.5. The summed E-state index contributed by atoms with van der Waals surface area (Å²) in [5.74, 6) is -0.262. The van der Waals surface area contributed by atoms with E-state index in [0.717, 1.165) is 16.1 Å². The largest absolute Gasteiger partial charge is 0.347 e. The molecule has 0 saturated carbocycles. The zero-order valence-corrected chi connectivity index (χ0v) is 14.5. The first-order valence-corrected chi connectivity index (χ1v) is 8.79. The van der Waals surface area contributed by atoms with Gasteiger partial charge in [-0.15, -0.1) is 0 Å². The van der Waals surface area contributed by atoms with Crippen molar-refractivity contribution in [3.63, 3.8) is 0 Å². The second-order valence-corrected chi connectivity index (χ2v) is 7.44. The molecule has 0 N–H and O–H groups in total. The van der Waals surface area contributed by atoms with Gasteiger partial charge in [-0.2, -0.15) is 0 Å². The fraction of sp³-hybridized carbons (Fsp3) is 0.500. The Hall–Kier alpha value is -1.27. The highest BCUT2D eigenvalue weighted by Crippen LogP contribution is 2.29. The van der Waals surface area contributed by atoms with Crippen LogP contribution in [0.15, 0.2) is 18.2 Å². The standard InChI is InChI=1S/C14H21ClN2O3S/c1-6-12(14(18)16(3)4)17(21(5,19)20)13-9-11(15)8-7-10(13)2/h7-9,12H,6H2,1-5H3/t12-/m0/s1. The molecule has 7 heteroatoms. The lowest BCUT2D eigenvalue weighted by atomic mass is 10.1. The van der Waals surface area contributed by atoms with Crippen molar-refractivity contribution in [2.45, 2.75) is 26.3 Å². The molecule has 0 aliphatic heterocycles. The molecule has 21 heavy (non-hydrogen) atoms. The Kier molecular flexibility index (Phi) is 5.64. The number of hydrogen-bond donors (Lipinski definition) is 0. The summed E-state index contributed by atoms with van der Waals surface area (Å²) in [6, 6.07) is 4.22. The monoisotopic (exact) mass is 332 g/mol. The molecule has 0 aliphatic carbocycles. The highest BCUT2D eigenvalue weighted by Gasteiger charge is 2.33. The molecule has 0 bridgehead atoms.